The minimum Gasteiger partial charge on any atom is -0.352 e. The second-order valence-corrected chi connectivity index (χ2v) is 7.13. The van der Waals surface area contributed by atoms with E-state index in [2.05, 4.69) is 14.4 Å². The van der Waals surface area contributed by atoms with Crippen LogP contribution in [0.25, 0.3) is 0 Å². The van der Waals surface area contributed by atoms with Crippen molar-refractivity contribution in [1.29, 1.82) is 0 Å². The maximum absolute atomic E-state index is 12.9. The van der Waals surface area contributed by atoms with Crippen LogP contribution in [0, 0.1) is 5.82 Å². The molecule has 4 rings (SSSR count). The summed E-state index contributed by atoms with van der Waals surface area (Å²) in [5.74, 6) is 0.488. The molecule has 124 valence electrons. The number of amidine groups is 1. The van der Waals surface area contributed by atoms with E-state index in [9.17, 15) is 12.8 Å². The molecule has 0 amide bonds. The summed E-state index contributed by atoms with van der Waals surface area (Å²) in [6.45, 7) is 2.38. The molecule has 1 fully saturated rings. The first-order chi connectivity index (χ1) is 11.5. The Morgan fingerprint density at radius 2 is 1.58 bits per heavy atom. The number of benzene rings is 1. The molecule has 9 heteroatoms. The molecule has 2 aromatic rings. The molecular formula is C15H14FN5O2S. The predicted molar refractivity (Wildman–Crippen MR) is 85.9 cm³/mol. The maximum atomic E-state index is 12.9. The van der Waals surface area contributed by atoms with Crippen LogP contribution < -0.4 is 4.90 Å². The highest BCUT2D eigenvalue weighted by Crippen LogP contribution is 2.28. The first-order valence-corrected chi connectivity index (χ1v) is 8.90. The van der Waals surface area contributed by atoms with E-state index in [-0.39, 0.29) is 4.90 Å². The summed E-state index contributed by atoms with van der Waals surface area (Å²) in [4.78, 5) is 12.1. The Balaban J connectivity index is 1.54. The summed E-state index contributed by atoms with van der Waals surface area (Å²) < 4.78 is 41.1. The van der Waals surface area contributed by atoms with Crippen molar-refractivity contribution in [3.63, 3.8) is 0 Å². The molecule has 0 aliphatic carbocycles. The Labute approximate surface area is 138 Å². The van der Waals surface area contributed by atoms with Crippen LogP contribution in [-0.2, 0) is 10.0 Å². The molecule has 0 unspecified atom stereocenters. The number of fused-ring (bicyclic) bond motifs is 1. The molecule has 0 bridgehead atoms. The SMILES string of the molecule is O=S1(=O)N=C(N2CCN(c3ncc(F)cn3)CC2)c2ccccc21. The zero-order valence-electron chi connectivity index (χ0n) is 12.6. The van der Waals surface area contributed by atoms with Crippen LogP contribution >= 0.6 is 0 Å². The van der Waals surface area contributed by atoms with Crippen LogP contribution in [0.15, 0.2) is 46.0 Å². The Kier molecular flexibility index (Phi) is 3.45. The van der Waals surface area contributed by atoms with E-state index >= 15 is 0 Å². The molecular weight excluding hydrogens is 333 g/mol. The second-order valence-electron chi connectivity index (χ2n) is 5.56. The van der Waals surface area contributed by atoms with Crippen molar-refractivity contribution in [2.75, 3.05) is 31.1 Å². The standard InChI is InChI=1S/C15H14FN5O2S/c16-11-9-17-15(18-10-11)21-7-5-20(6-8-21)14-12-3-1-2-4-13(12)24(22,23)19-14/h1-4,9-10H,5-8H2. The Morgan fingerprint density at radius 3 is 2.29 bits per heavy atom. The topological polar surface area (TPSA) is 78.8 Å². The molecule has 0 spiro atoms. The van der Waals surface area contributed by atoms with E-state index in [1.54, 1.807) is 24.3 Å². The molecule has 2 aliphatic heterocycles. The number of halogens is 1. The van der Waals surface area contributed by atoms with Gasteiger partial charge in [0.25, 0.3) is 10.0 Å². The Hall–Kier alpha value is -2.55. The van der Waals surface area contributed by atoms with Gasteiger partial charge in [0.15, 0.2) is 11.7 Å². The maximum Gasteiger partial charge on any atom is 0.285 e. The van der Waals surface area contributed by atoms with E-state index in [0.717, 1.165) is 12.4 Å². The van der Waals surface area contributed by atoms with Gasteiger partial charge < -0.3 is 9.80 Å². The van der Waals surface area contributed by atoms with Gasteiger partial charge in [-0.05, 0) is 12.1 Å². The summed E-state index contributed by atoms with van der Waals surface area (Å²) in [5, 5.41) is 0. The average molecular weight is 347 g/mol. The van der Waals surface area contributed by atoms with E-state index in [1.165, 1.54) is 0 Å². The van der Waals surface area contributed by atoms with Gasteiger partial charge in [0.1, 0.15) is 4.90 Å². The molecule has 1 saturated heterocycles. The van der Waals surface area contributed by atoms with Crippen LogP contribution in [-0.4, -0.2) is 55.3 Å². The van der Waals surface area contributed by atoms with Gasteiger partial charge in [0, 0.05) is 31.7 Å². The summed E-state index contributed by atoms with van der Waals surface area (Å²) in [7, 11) is -3.61. The van der Waals surface area contributed by atoms with Crippen molar-refractivity contribution in [3.05, 3.63) is 48.0 Å². The quantitative estimate of drug-likeness (QED) is 0.762. The number of rotatable bonds is 1. The van der Waals surface area contributed by atoms with Gasteiger partial charge >= 0.3 is 0 Å². The largest absolute Gasteiger partial charge is 0.352 e. The molecule has 3 heterocycles. The van der Waals surface area contributed by atoms with E-state index in [0.29, 0.717) is 43.5 Å². The predicted octanol–water partition coefficient (Wildman–Crippen LogP) is 0.887. The summed E-state index contributed by atoms with van der Waals surface area (Å²) in [6, 6.07) is 6.84. The number of sulfonamides is 1. The minimum atomic E-state index is -3.61. The fraction of sp³-hybridized carbons (Fsp3) is 0.267. The van der Waals surface area contributed by atoms with Crippen molar-refractivity contribution < 1.29 is 12.8 Å². The smallest absolute Gasteiger partial charge is 0.285 e. The van der Waals surface area contributed by atoms with Crippen LogP contribution in [0.4, 0.5) is 10.3 Å². The van der Waals surface area contributed by atoms with Gasteiger partial charge in [-0.1, -0.05) is 12.1 Å². The third-order valence-electron chi connectivity index (χ3n) is 4.08. The minimum absolute atomic E-state index is 0.254. The molecule has 0 radical (unpaired) electrons. The zero-order chi connectivity index (χ0) is 16.7. The zero-order valence-corrected chi connectivity index (χ0v) is 13.4. The number of hydrogen-bond donors (Lipinski definition) is 0. The molecule has 0 N–H and O–H groups in total. The summed E-state index contributed by atoms with van der Waals surface area (Å²) in [5.41, 5.74) is 0.643. The van der Waals surface area contributed by atoms with Crippen LogP contribution in [0.1, 0.15) is 5.56 Å². The van der Waals surface area contributed by atoms with E-state index < -0.39 is 15.8 Å². The number of anilines is 1. The van der Waals surface area contributed by atoms with Crippen molar-refractivity contribution in [3.8, 4) is 0 Å². The highest BCUT2D eigenvalue weighted by Gasteiger charge is 2.33. The molecule has 7 nitrogen and oxygen atoms in total. The molecule has 0 saturated carbocycles. The normalized spacial score (nSPS) is 19.1. The molecule has 1 aromatic carbocycles. The first kappa shape index (κ1) is 15.0. The lowest BCUT2D eigenvalue weighted by Crippen LogP contribution is -2.49. The van der Waals surface area contributed by atoms with Gasteiger partial charge in [-0.2, -0.15) is 8.42 Å². The fourth-order valence-electron chi connectivity index (χ4n) is 2.90. The lowest BCUT2D eigenvalue weighted by Gasteiger charge is -2.35. The van der Waals surface area contributed by atoms with Gasteiger partial charge in [-0.25, -0.2) is 14.4 Å². The summed E-state index contributed by atoms with van der Waals surface area (Å²) in [6.07, 6.45) is 2.27. The Morgan fingerprint density at radius 1 is 0.958 bits per heavy atom. The van der Waals surface area contributed by atoms with Gasteiger partial charge in [0.2, 0.25) is 5.95 Å². The third kappa shape index (κ3) is 2.50. The highest BCUT2D eigenvalue weighted by molar-refractivity contribution is 7.90. The van der Waals surface area contributed by atoms with Gasteiger partial charge in [-0.15, -0.1) is 4.40 Å². The van der Waals surface area contributed by atoms with Crippen molar-refractivity contribution in [2.45, 2.75) is 4.90 Å². The van der Waals surface area contributed by atoms with Crippen molar-refractivity contribution in [1.82, 2.24) is 14.9 Å². The third-order valence-corrected chi connectivity index (χ3v) is 5.41. The number of hydrogen-bond acceptors (Lipinski definition) is 6. The lowest BCUT2D eigenvalue weighted by molar-refractivity contribution is 0.384. The van der Waals surface area contributed by atoms with E-state index in [1.807, 2.05) is 9.80 Å². The van der Waals surface area contributed by atoms with Gasteiger partial charge in [0.05, 0.1) is 12.4 Å². The lowest BCUT2D eigenvalue weighted by atomic mass is 10.1. The summed E-state index contributed by atoms with van der Waals surface area (Å²) >= 11 is 0. The molecule has 0 atom stereocenters. The fourth-order valence-corrected chi connectivity index (χ4v) is 4.13. The number of aromatic nitrogens is 2. The number of nitrogens with zero attached hydrogens (tertiary/aromatic N) is 5. The second kappa shape index (κ2) is 5.52. The van der Waals surface area contributed by atoms with Crippen LogP contribution in [0.3, 0.4) is 0 Å². The van der Waals surface area contributed by atoms with Crippen LogP contribution in [0.5, 0.6) is 0 Å². The van der Waals surface area contributed by atoms with Gasteiger partial charge in [-0.3, -0.25) is 0 Å². The first-order valence-electron chi connectivity index (χ1n) is 7.46. The average Bonchev–Trinajstić information content (AvgIpc) is 2.88. The molecule has 2 aliphatic rings. The monoisotopic (exact) mass is 347 g/mol. The van der Waals surface area contributed by atoms with Crippen molar-refractivity contribution >= 4 is 21.8 Å². The molecule has 1 aromatic heterocycles. The van der Waals surface area contributed by atoms with Crippen molar-refractivity contribution in [2.24, 2.45) is 4.40 Å². The number of piperazine rings is 1. The van der Waals surface area contributed by atoms with Crippen LogP contribution in [0.2, 0.25) is 0 Å². The highest BCUT2D eigenvalue weighted by atomic mass is 32.2. The molecule has 24 heavy (non-hydrogen) atoms. The van der Waals surface area contributed by atoms with E-state index in [4.69, 9.17) is 0 Å². The Bertz CT molecular complexity index is 906.